The van der Waals surface area contributed by atoms with Crippen molar-refractivity contribution in [2.75, 3.05) is 18.4 Å². The van der Waals surface area contributed by atoms with Crippen LogP contribution in [0.3, 0.4) is 0 Å². The third-order valence-electron chi connectivity index (χ3n) is 0.487. The van der Waals surface area contributed by atoms with Crippen molar-refractivity contribution < 1.29 is 0 Å². The van der Waals surface area contributed by atoms with Gasteiger partial charge in [0.2, 0.25) is 0 Å². The molecule has 0 bridgehead atoms. The molecule has 0 N–H and O–H groups in total. The first-order valence-electron chi connectivity index (χ1n) is 2.79. The van der Waals surface area contributed by atoms with E-state index in [-0.39, 0.29) is 0 Å². The Kier molecular flexibility index (Phi) is 22.4. The lowest BCUT2D eigenvalue weighted by Crippen LogP contribution is -1.65. The molecular weight excluding hydrogens is 140 g/mol. The van der Waals surface area contributed by atoms with Crippen LogP contribution in [-0.2, 0) is 0 Å². The van der Waals surface area contributed by atoms with Crippen molar-refractivity contribution in [1.82, 2.24) is 0 Å². The van der Waals surface area contributed by atoms with Crippen molar-refractivity contribution in [3.63, 3.8) is 0 Å². The van der Waals surface area contributed by atoms with E-state index in [0.717, 1.165) is 12.3 Å². The van der Waals surface area contributed by atoms with Gasteiger partial charge in [-0.15, -0.1) is 11.6 Å². The van der Waals surface area contributed by atoms with Crippen LogP contribution >= 0.6 is 23.4 Å². The van der Waals surface area contributed by atoms with Crippen LogP contribution in [0.1, 0.15) is 19.8 Å². The van der Waals surface area contributed by atoms with Crippen LogP contribution in [0.5, 0.6) is 0 Å². The highest BCUT2D eigenvalue weighted by molar-refractivity contribution is 7.97. The van der Waals surface area contributed by atoms with Gasteiger partial charge in [0.15, 0.2) is 0 Å². The molecule has 0 spiro atoms. The zero-order valence-corrected chi connectivity index (χ0v) is 7.48. The number of hydrogen-bond acceptors (Lipinski definition) is 1. The predicted octanol–water partition coefficient (Wildman–Crippen LogP) is 3.00. The Hall–Kier alpha value is 0.640. The highest BCUT2D eigenvalue weighted by Crippen LogP contribution is 1.86. The molecule has 0 aromatic heterocycles. The van der Waals surface area contributed by atoms with Gasteiger partial charge < -0.3 is 0 Å². The van der Waals surface area contributed by atoms with Gasteiger partial charge in [0.1, 0.15) is 0 Å². The molecule has 0 aliphatic heterocycles. The zero-order chi connectivity index (χ0) is 6.83. The van der Waals surface area contributed by atoms with Crippen LogP contribution in [0.15, 0.2) is 0 Å². The maximum absolute atomic E-state index is 5.30. The van der Waals surface area contributed by atoms with Gasteiger partial charge >= 0.3 is 0 Å². The minimum absolute atomic E-state index is 0.816. The maximum Gasteiger partial charge on any atom is 0.0223 e. The molecule has 8 heavy (non-hydrogen) atoms. The molecule has 0 fully saturated rings. The molecule has 0 amide bonds. The van der Waals surface area contributed by atoms with Gasteiger partial charge in [-0.2, -0.15) is 11.8 Å². The van der Waals surface area contributed by atoms with Crippen molar-refractivity contribution in [3.8, 4) is 0 Å². The smallest absolute Gasteiger partial charge is 0.0223 e. The summed E-state index contributed by atoms with van der Waals surface area (Å²) in [5.41, 5.74) is 0. The molecule has 0 nitrogen and oxygen atoms in total. The second-order valence-electron chi connectivity index (χ2n) is 1.45. The molecule has 0 heterocycles. The summed E-state index contributed by atoms with van der Waals surface area (Å²) in [5, 5.41) is 0. The highest BCUT2D eigenvalue weighted by atomic mass is 35.5. The first-order chi connectivity index (χ1) is 3.83. The molecule has 0 atom stereocenters. The second kappa shape index (κ2) is 15.6. The molecule has 0 aliphatic rings. The summed E-state index contributed by atoms with van der Waals surface area (Å²) >= 11 is 7.05. The summed E-state index contributed by atoms with van der Waals surface area (Å²) in [5.74, 6) is 0.816. The second-order valence-corrected chi connectivity index (χ2v) is 2.65. The van der Waals surface area contributed by atoms with E-state index < -0.39 is 0 Å². The lowest BCUT2D eigenvalue weighted by Gasteiger charge is -1.77. The van der Waals surface area contributed by atoms with Gasteiger partial charge in [0.25, 0.3) is 0 Å². The summed E-state index contributed by atoms with van der Waals surface area (Å²) in [4.78, 5) is 0. The quantitative estimate of drug-likeness (QED) is 0.552. The first kappa shape index (κ1) is 11.4. The molecule has 0 unspecified atom stereocenters. The van der Waals surface area contributed by atoms with Gasteiger partial charge in [0, 0.05) is 5.88 Å². The Balaban J connectivity index is 0. The number of hydrogen-bond donors (Lipinski definition) is 0. The topological polar surface area (TPSA) is 0 Å². The monoisotopic (exact) mass is 154 g/mol. The van der Waals surface area contributed by atoms with Crippen molar-refractivity contribution in [2.45, 2.75) is 19.8 Å². The molecule has 0 aromatic rings. The van der Waals surface area contributed by atoms with Crippen LogP contribution in [-0.4, -0.2) is 18.4 Å². The SMILES string of the molecule is CCCCCl.CSC. The fourth-order valence-corrected chi connectivity index (χ4v) is 0.401. The van der Waals surface area contributed by atoms with E-state index in [0.29, 0.717) is 0 Å². The van der Waals surface area contributed by atoms with Crippen LogP contribution in [0.4, 0.5) is 0 Å². The summed E-state index contributed by atoms with van der Waals surface area (Å²) in [6.45, 7) is 2.13. The van der Waals surface area contributed by atoms with E-state index in [1.165, 1.54) is 6.42 Å². The Bertz CT molecular complexity index is 22.5. The zero-order valence-electron chi connectivity index (χ0n) is 5.91. The lowest BCUT2D eigenvalue weighted by atomic mass is 10.4. The van der Waals surface area contributed by atoms with E-state index in [9.17, 15) is 0 Å². The van der Waals surface area contributed by atoms with Crippen LogP contribution in [0.25, 0.3) is 0 Å². The van der Waals surface area contributed by atoms with Crippen molar-refractivity contribution in [1.29, 1.82) is 0 Å². The van der Waals surface area contributed by atoms with E-state index in [1.807, 2.05) is 12.5 Å². The molecule has 0 saturated carbocycles. The van der Waals surface area contributed by atoms with Gasteiger partial charge in [0.05, 0.1) is 0 Å². The fraction of sp³-hybridized carbons (Fsp3) is 1.00. The third kappa shape index (κ3) is 30.3. The van der Waals surface area contributed by atoms with E-state index >= 15 is 0 Å². The Morgan fingerprint density at radius 1 is 1.38 bits per heavy atom. The molecule has 0 saturated heterocycles. The summed E-state index contributed by atoms with van der Waals surface area (Å²) in [7, 11) is 0. The van der Waals surface area contributed by atoms with E-state index in [2.05, 4.69) is 6.92 Å². The number of halogens is 1. The van der Waals surface area contributed by atoms with E-state index in [1.54, 1.807) is 11.8 Å². The van der Waals surface area contributed by atoms with Crippen molar-refractivity contribution in [3.05, 3.63) is 0 Å². The molecular formula is C6H15ClS. The summed E-state index contributed by atoms with van der Waals surface area (Å²) in [6.07, 6.45) is 6.45. The molecule has 2 heteroatoms. The van der Waals surface area contributed by atoms with Crippen LogP contribution in [0, 0.1) is 0 Å². The normalized spacial score (nSPS) is 7.50. The maximum atomic E-state index is 5.30. The van der Waals surface area contributed by atoms with Crippen LogP contribution in [0.2, 0.25) is 0 Å². The summed E-state index contributed by atoms with van der Waals surface area (Å²) in [6, 6.07) is 0. The molecule has 0 rings (SSSR count). The number of rotatable bonds is 2. The largest absolute Gasteiger partial charge is 0.169 e. The standard InChI is InChI=1S/C4H9Cl.C2H6S/c1-2-3-4-5;1-3-2/h2-4H2,1H3;1-2H3. The van der Waals surface area contributed by atoms with Gasteiger partial charge in [-0.3, -0.25) is 0 Å². The van der Waals surface area contributed by atoms with Crippen molar-refractivity contribution >= 4 is 23.4 Å². The molecule has 0 aromatic carbocycles. The predicted molar refractivity (Wildman–Crippen MR) is 45.1 cm³/mol. The molecule has 0 aliphatic carbocycles. The molecule has 0 radical (unpaired) electrons. The average Bonchev–Trinajstić information content (AvgIpc) is 1.71. The van der Waals surface area contributed by atoms with E-state index in [4.69, 9.17) is 11.6 Å². The Morgan fingerprint density at radius 3 is 1.75 bits per heavy atom. The Morgan fingerprint density at radius 2 is 1.75 bits per heavy atom. The minimum Gasteiger partial charge on any atom is -0.169 e. The third-order valence-corrected chi connectivity index (χ3v) is 0.754. The van der Waals surface area contributed by atoms with Crippen LogP contribution < -0.4 is 0 Å². The number of alkyl halides is 1. The molecule has 52 valence electrons. The summed E-state index contributed by atoms with van der Waals surface area (Å²) < 4.78 is 0. The van der Waals surface area contributed by atoms with Gasteiger partial charge in [-0.25, -0.2) is 0 Å². The number of unbranched alkanes of at least 4 members (excludes halogenated alkanes) is 1. The van der Waals surface area contributed by atoms with Crippen molar-refractivity contribution in [2.24, 2.45) is 0 Å². The average molecular weight is 155 g/mol. The first-order valence-corrected chi connectivity index (χ1v) is 4.96. The fourth-order valence-electron chi connectivity index (χ4n) is 0.134. The van der Waals surface area contributed by atoms with Gasteiger partial charge in [-0.05, 0) is 18.9 Å². The minimum atomic E-state index is 0.816. The highest BCUT2D eigenvalue weighted by Gasteiger charge is 1.70. The number of thioether (sulfide) groups is 1. The Labute approximate surface area is 62.0 Å². The van der Waals surface area contributed by atoms with Gasteiger partial charge in [-0.1, -0.05) is 13.3 Å². The lowest BCUT2D eigenvalue weighted by molar-refractivity contribution is 0.892.